The van der Waals surface area contributed by atoms with Gasteiger partial charge in [-0.05, 0) is 6.92 Å². The van der Waals surface area contributed by atoms with Crippen molar-refractivity contribution in [3.63, 3.8) is 0 Å². The van der Waals surface area contributed by atoms with Crippen molar-refractivity contribution in [3.05, 3.63) is 0 Å². The average Bonchev–Trinajstić information content (AvgIpc) is 2.05. The van der Waals surface area contributed by atoms with Crippen molar-refractivity contribution < 1.29 is 9.53 Å². The number of nitrogens with zero attached hydrogens (tertiary/aromatic N) is 1. The molecule has 4 nitrogen and oxygen atoms in total. The van der Waals surface area contributed by atoms with E-state index >= 15 is 0 Å². The average molecular weight is 172 g/mol. The normalized spacial score (nSPS) is 24.2. The summed E-state index contributed by atoms with van der Waals surface area (Å²) in [5, 5.41) is 3.27. The topological polar surface area (TPSA) is 41.6 Å². The minimum atomic E-state index is 0.0888. The van der Waals surface area contributed by atoms with Gasteiger partial charge < -0.3 is 15.0 Å². The molecule has 4 heteroatoms. The van der Waals surface area contributed by atoms with E-state index < -0.39 is 0 Å². The zero-order chi connectivity index (χ0) is 8.97. The first-order valence-corrected chi connectivity index (χ1v) is 4.24. The van der Waals surface area contributed by atoms with Crippen molar-refractivity contribution in [2.24, 2.45) is 0 Å². The molecule has 1 amide bonds. The first-order valence-electron chi connectivity index (χ1n) is 4.24. The molecule has 1 rings (SSSR count). The van der Waals surface area contributed by atoms with Crippen LogP contribution in [0.2, 0.25) is 0 Å². The largest absolute Gasteiger partial charge is 0.375 e. The molecular weight excluding hydrogens is 156 g/mol. The van der Waals surface area contributed by atoms with Crippen LogP contribution in [0, 0.1) is 0 Å². The lowest BCUT2D eigenvalue weighted by atomic mass is 10.2. The summed E-state index contributed by atoms with van der Waals surface area (Å²) >= 11 is 0. The molecule has 0 radical (unpaired) electrons. The third kappa shape index (κ3) is 2.46. The summed E-state index contributed by atoms with van der Waals surface area (Å²) < 4.78 is 4.78. The highest BCUT2D eigenvalue weighted by Crippen LogP contribution is 1.98. The lowest BCUT2D eigenvalue weighted by molar-refractivity contribution is -0.136. The molecule has 1 saturated heterocycles. The summed E-state index contributed by atoms with van der Waals surface area (Å²) in [6, 6.07) is 0.402. The SMILES string of the molecule is COCC(=O)N1CCN[C@@H](C)C1. The van der Waals surface area contributed by atoms with Crippen LogP contribution in [0.3, 0.4) is 0 Å². The number of amides is 1. The lowest BCUT2D eigenvalue weighted by Crippen LogP contribution is -2.52. The van der Waals surface area contributed by atoms with Gasteiger partial charge in [-0.2, -0.15) is 0 Å². The van der Waals surface area contributed by atoms with Gasteiger partial charge in [0.1, 0.15) is 6.61 Å². The number of carbonyl (C=O) groups excluding carboxylic acids is 1. The van der Waals surface area contributed by atoms with E-state index in [1.165, 1.54) is 0 Å². The van der Waals surface area contributed by atoms with E-state index in [9.17, 15) is 4.79 Å². The van der Waals surface area contributed by atoms with Crippen LogP contribution in [0.4, 0.5) is 0 Å². The van der Waals surface area contributed by atoms with Crippen LogP contribution < -0.4 is 5.32 Å². The quantitative estimate of drug-likeness (QED) is 0.608. The lowest BCUT2D eigenvalue weighted by Gasteiger charge is -2.31. The Hall–Kier alpha value is -0.610. The predicted molar refractivity (Wildman–Crippen MR) is 45.9 cm³/mol. The van der Waals surface area contributed by atoms with Crippen molar-refractivity contribution >= 4 is 5.91 Å². The standard InChI is InChI=1S/C8H16N2O2/c1-7-5-10(4-3-9-7)8(11)6-12-2/h7,9H,3-6H2,1-2H3/t7-/m0/s1. The smallest absolute Gasteiger partial charge is 0.248 e. The molecule has 1 aliphatic rings. The van der Waals surface area contributed by atoms with Crippen LogP contribution in [0.5, 0.6) is 0 Å². The maximum Gasteiger partial charge on any atom is 0.248 e. The van der Waals surface area contributed by atoms with Gasteiger partial charge >= 0.3 is 0 Å². The highest BCUT2D eigenvalue weighted by Gasteiger charge is 2.19. The molecule has 0 saturated carbocycles. The Balaban J connectivity index is 2.35. The molecule has 0 aliphatic carbocycles. The third-order valence-corrected chi connectivity index (χ3v) is 1.99. The van der Waals surface area contributed by atoms with Crippen LogP contribution in [-0.2, 0) is 9.53 Å². The molecule has 1 atom stereocenters. The molecular formula is C8H16N2O2. The molecule has 12 heavy (non-hydrogen) atoms. The van der Waals surface area contributed by atoms with Gasteiger partial charge in [0.15, 0.2) is 0 Å². The fraction of sp³-hybridized carbons (Fsp3) is 0.875. The summed E-state index contributed by atoms with van der Waals surface area (Å²) in [4.78, 5) is 13.2. The molecule has 0 unspecified atom stereocenters. The van der Waals surface area contributed by atoms with E-state index in [-0.39, 0.29) is 12.5 Å². The van der Waals surface area contributed by atoms with Gasteiger partial charge in [0, 0.05) is 32.8 Å². The first-order chi connectivity index (χ1) is 5.74. The zero-order valence-corrected chi connectivity index (χ0v) is 7.67. The Kier molecular flexibility index (Phi) is 3.49. The molecule has 0 aromatic heterocycles. The van der Waals surface area contributed by atoms with Gasteiger partial charge in [-0.1, -0.05) is 0 Å². The second-order valence-electron chi connectivity index (χ2n) is 3.13. The molecule has 0 aromatic rings. The number of hydrogen-bond acceptors (Lipinski definition) is 3. The fourth-order valence-corrected chi connectivity index (χ4v) is 1.37. The minimum Gasteiger partial charge on any atom is -0.375 e. The molecule has 1 fully saturated rings. The van der Waals surface area contributed by atoms with E-state index in [4.69, 9.17) is 4.74 Å². The number of carbonyl (C=O) groups is 1. The van der Waals surface area contributed by atoms with Crippen molar-refractivity contribution in [1.29, 1.82) is 0 Å². The van der Waals surface area contributed by atoms with Crippen molar-refractivity contribution in [2.45, 2.75) is 13.0 Å². The van der Waals surface area contributed by atoms with Crippen LogP contribution in [0.25, 0.3) is 0 Å². The Bertz CT molecular complexity index is 161. The van der Waals surface area contributed by atoms with Gasteiger partial charge in [-0.15, -0.1) is 0 Å². The first kappa shape index (κ1) is 9.48. The van der Waals surface area contributed by atoms with Crippen LogP contribution >= 0.6 is 0 Å². The molecule has 0 bridgehead atoms. The second-order valence-corrected chi connectivity index (χ2v) is 3.13. The van der Waals surface area contributed by atoms with Gasteiger partial charge in [0.25, 0.3) is 0 Å². The summed E-state index contributed by atoms with van der Waals surface area (Å²) in [7, 11) is 1.55. The molecule has 1 heterocycles. The summed E-state index contributed by atoms with van der Waals surface area (Å²) in [6.07, 6.45) is 0. The van der Waals surface area contributed by atoms with E-state index in [1.807, 2.05) is 4.90 Å². The summed E-state index contributed by atoms with van der Waals surface area (Å²) in [5.74, 6) is 0.0888. The van der Waals surface area contributed by atoms with Gasteiger partial charge in [-0.25, -0.2) is 0 Å². The summed E-state index contributed by atoms with van der Waals surface area (Å²) in [5.41, 5.74) is 0. The van der Waals surface area contributed by atoms with Gasteiger partial charge in [0.2, 0.25) is 5.91 Å². The van der Waals surface area contributed by atoms with Crippen molar-refractivity contribution in [3.8, 4) is 0 Å². The number of ether oxygens (including phenoxy) is 1. The number of piperazine rings is 1. The van der Waals surface area contributed by atoms with Crippen LogP contribution in [-0.4, -0.2) is 50.2 Å². The summed E-state index contributed by atoms with van der Waals surface area (Å²) in [6.45, 7) is 4.75. The Morgan fingerprint density at radius 3 is 3.08 bits per heavy atom. The van der Waals surface area contributed by atoms with Crippen molar-refractivity contribution in [2.75, 3.05) is 33.4 Å². The van der Waals surface area contributed by atoms with Gasteiger partial charge in [-0.3, -0.25) is 4.79 Å². The predicted octanol–water partition coefficient (Wildman–Crippen LogP) is -0.547. The minimum absolute atomic E-state index is 0.0888. The molecule has 0 spiro atoms. The Morgan fingerprint density at radius 2 is 2.50 bits per heavy atom. The number of nitrogens with one attached hydrogen (secondary N) is 1. The number of hydrogen-bond donors (Lipinski definition) is 1. The number of rotatable bonds is 2. The fourth-order valence-electron chi connectivity index (χ4n) is 1.37. The second kappa shape index (κ2) is 4.42. The number of methoxy groups -OCH3 is 1. The molecule has 1 N–H and O–H groups in total. The highest BCUT2D eigenvalue weighted by molar-refractivity contribution is 5.77. The van der Waals surface area contributed by atoms with Crippen molar-refractivity contribution in [1.82, 2.24) is 10.2 Å². The zero-order valence-electron chi connectivity index (χ0n) is 7.67. The van der Waals surface area contributed by atoms with E-state index in [0.29, 0.717) is 6.04 Å². The van der Waals surface area contributed by atoms with E-state index in [1.54, 1.807) is 7.11 Å². The van der Waals surface area contributed by atoms with Gasteiger partial charge in [0.05, 0.1) is 0 Å². The highest BCUT2D eigenvalue weighted by atomic mass is 16.5. The van der Waals surface area contributed by atoms with Crippen LogP contribution in [0.1, 0.15) is 6.92 Å². The molecule has 0 aromatic carbocycles. The maximum atomic E-state index is 11.3. The third-order valence-electron chi connectivity index (χ3n) is 1.99. The molecule has 70 valence electrons. The Morgan fingerprint density at radius 1 is 1.75 bits per heavy atom. The van der Waals surface area contributed by atoms with E-state index in [0.717, 1.165) is 19.6 Å². The van der Waals surface area contributed by atoms with Crippen LogP contribution in [0.15, 0.2) is 0 Å². The Labute approximate surface area is 72.9 Å². The molecule has 1 aliphatic heterocycles. The monoisotopic (exact) mass is 172 g/mol. The maximum absolute atomic E-state index is 11.3. The van der Waals surface area contributed by atoms with E-state index in [2.05, 4.69) is 12.2 Å².